The van der Waals surface area contributed by atoms with E-state index >= 15 is 0 Å². The molecule has 0 radical (unpaired) electrons. The highest BCUT2D eigenvalue weighted by Gasteiger charge is 1.98. The summed E-state index contributed by atoms with van der Waals surface area (Å²) in [5.74, 6) is 0.226. The second-order valence-corrected chi connectivity index (χ2v) is 3.51. The molecule has 0 aliphatic rings. The smallest absolute Gasteiger partial charge is 0.219 e. The summed E-state index contributed by atoms with van der Waals surface area (Å²) < 4.78 is 0. The van der Waals surface area contributed by atoms with Crippen LogP contribution in [0, 0.1) is 0 Å². The van der Waals surface area contributed by atoms with Gasteiger partial charge in [0.25, 0.3) is 0 Å². The van der Waals surface area contributed by atoms with E-state index in [0.29, 0.717) is 6.42 Å². The Labute approximate surface area is 82.1 Å². The first kappa shape index (κ1) is 12.5. The first-order chi connectivity index (χ1) is 6.31. The molecule has 0 saturated heterocycles. The minimum Gasteiger partial charge on any atom is -0.356 e. The Hall–Kier alpha value is -0.530. The Bertz CT molecular complexity index is 123. The molecular formula is C11H23NO. The van der Waals surface area contributed by atoms with Crippen molar-refractivity contribution in [1.29, 1.82) is 0 Å². The quantitative estimate of drug-likeness (QED) is 0.579. The summed E-state index contributed by atoms with van der Waals surface area (Å²) in [6, 6.07) is 0. The van der Waals surface area contributed by atoms with Crippen LogP contribution in [0.2, 0.25) is 0 Å². The largest absolute Gasteiger partial charge is 0.356 e. The molecule has 0 spiro atoms. The van der Waals surface area contributed by atoms with Crippen LogP contribution in [-0.2, 0) is 4.79 Å². The fraction of sp³-hybridized carbons (Fsp3) is 0.909. The van der Waals surface area contributed by atoms with Gasteiger partial charge < -0.3 is 5.32 Å². The highest BCUT2D eigenvalue weighted by atomic mass is 16.1. The fourth-order valence-corrected chi connectivity index (χ4v) is 1.21. The predicted molar refractivity (Wildman–Crippen MR) is 56.7 cm³/mol. The van der Waals surface area contributed by atoms with Crippen molar-refractivity contribution in [3.05, 3.63) is 0 Å². The first-order valence-electron chi connectivity index (χ1n) is 5.58. The summed E-state index contributed by atoms with van der Waals surface area (Å²) in [5.41, 5.74) is 0. The highest BCUT2D eigenvalue weighted by Crippen LogP contribution is 2.01. The number of amides is 1. The topological polar surface area (TPSA) is 29.1 Å². The Morgan fingerprint density at radius 3 is 2.31 bits per heavy atom. The molecule has 0 aromatic carbocycles. The second kappa shape index (κ2) is 9.56. The number of rotatable bonds is 8. The summed E-state index contributed by atoms with van der Waals surface area (Å²) in [5, 5.41) is 2.92. The third-order valence-electron chi connectivity index (χ3n) is 2.11. The molecule has 0 saturated carbocycles. The third kappa shape index (κ3) is 9.38. The van der Waals surface area contributed by atoms with E-state index in [0.717, 1.165) is 25.8 Å². The summed E-state index contributed by atoms with van der Waals surface area (Å²) in [6.07, 6.45) is 7.68. The minimum absolute atomic E-state index is 0.226. The Morgan fingerprint density at radius 2 is 1.69 bits per heavy atom. The van der Waals surface area contributed by atoms with E-state index in [4.69, 9.17) is 0 Å². The summed E-state index contributed by atoms with van der Waals surface area (Å²) in [6.45, 7) is 5.16. The van der Waals surface area contributed by atoms with E-state index < -0.39 is 0 Å². The van der Waals surface area contributed by atoms with Crippen LogP contribution in [0.15, 0.2) is 0 Å². The van der Waals surface area contributed by atoms with Crippen molar-refractivity contribution in [3.63, 3.8) is 0 Å². The summed E-state index contributed by atoms with van der Waals surface area (Å²) in [7, 11) is 0. The molecule has 0 bridgehead atoms. The SMILES string of the molecule is CCCCCCC(=O)NCCCC. The molecule has 0 heterocycles. The zero-order chi connectivity index (χ0) is 9.94. The molecule has 2 heteroatoms. The van der Waals surface area contributed by atoms with E-state index in [1.165, 1.54) is 19.3 Å². The molecule has 0 fully saturated rings. The van der Waals surface area contributed by atoms with Crippen molar-refractivity contribution in [3.8, 4) is 0 Å². The maximum absolute atomic E-state index is 11.2. The molecule has 1 N–H and O–H groups in total. The van der Waals surface area contributed by atoms with E-state index in [1.807, 2.05) is 0 Å². The zero-order valence-electron chi connectivity index (χ0n) is 9.07. The zero-order valence-corrected chi connectivity index (χ0v) is 9.07. The molecule has 0 aromatic rings. The molecular weight excluding hydrogens is 162 g/mol. The molecule has 78 valence electrons. The molecule has 2 nitrogen and oxygen atoms in total. The van der Waals surface area contributed by atoms with Gasteiger partial charge in [-0.2, -0.15) is 0 Å². The Kier molecular flexibility index (Phi) is 9.17. The van der Waals surface area contributed by atoms with Crippen molar-refractivity contribution < 1.29 is 4.79 Å². The monoisotopic (exact) mass is 185 g/mol. The number of hydrogen-bond donors (Lipinski definition) is 1. The lowest BCUT2D eigenvalue weighted by atomic mass is 10.1. The molecule has 0 aliphatic carbocycles. The van der Waals surface area contributed by atoms with Crippen molar-refractivity contribution >= 4 is 5.91 Å². The molecule has 0 atom stereocenters. The van der Waals surface area contributed by atoms with Gasteiger partial charge in [-0.05, 0) is 12.8 Å². The lowest BCUT2D eigenvalue weighted by molar-refractivity contribution is -0.121. The number of unbranched alkanes of at least 4 members (excludes halogenated alkanes) is 4. The van der Waals surface area contributed by atoms with Gasteiger partial charge in [-0.15, -0.1) is 0 Å². The van der Waals surface area contributed by atoms with Gasteiger partial charge in [-0.3, -0.25) is 4.79 Å². The number of hydrogen-bond acceptors (Lipinski definition) is 1. The molecule has 0 aromatic heterocycles. The lowest BCUT2D eigenvalue weighted by Gasteiger charge is -2.03. The van der Waals surface area contributed by atoms with Gasteiger partial charge in [0.1, 0.15) is 0 Å². The van der Waals surface area contributed by atoms with Crippen molar-refractivity contribution in [2.75, 3.05) is 6.54 Å². The van der Waals surface area contributed by atoms with Crippen molar-refractivity contribution in [2.24, 2.45) is 0 Å². The molecule has 13 heavy (non-hydrogen) atoms. The Morgan fingerprint density at radius 1 is 1.00 bits per heavy atom. The normalized spacial score (nSPS) is 10.0. The lowest BCUT2D eigenvalue weighted by Crippen LogP contribution is -2.23. The first-order valence-corrected chi connectivity index (χ1v) is 5.58. The van der Waals surface area contributed by atoms with Crippen LogP contribution >= 0.6 is 0 Å². The second-order valence-electron chi connectivity index (χ2n) is 3.51. The fourth-order valence-electron chi connectivity index (χ4n) is 1.21. The van der Waals surface area contributed by atoms with Gasteiger partial charge in [0.15, 0.2) is 0 Å². The van der Waals surface area contributed by atoms with E-state index in [9.17, 15) is 4.79 Å². The van der Waals surface area contributed by atoms with Crippen molar-refractivity contribution in [1.82, 2.24) is 5.32 Å². The molecule has 0 rings (SSSR count). The standard InChI is InChI=1S/C11H23NO/c1-3-5-7-8-9-11(13)12-10-6-4-2/h3-10H2,1-2H3,(H,12,13). The number of nitrogens with one attached hydrogen (secondary N) is 1. The molecule has 1 amide bonds. The van der Waals surface area contributed by atoms with Gasteiger partial charge in [-0.1, -0.05) is 39.5 Å². The van der Waals surface area contributed by atoms with Crippen LogP contribution in [-0.4, -0.2) is 12.5 Å². The number of carbonyl (C=O) groups excluding carboxylic acids is 1. The molecule has 0 unspecified atom stereocenters. The van der Waals surface area contributed by atoms with Gasteiger partial charge >= 0.3 is 0 Å². The van der Waals surface area contributed by atoms with Crippen LogP contribution in [0.3, 0.4) is 0 Å². The van der Waals surface area contributed by atoms with Crippen LogP contribution in [0.4, 0.5) is 0 Å². The van der Waals surface area contributed by atoms with E-state index in [1.54, 1.807) is 0 Å². The molecule has 0 aliphatic heterocycles. The van der Waals surface area contributed by atoms with Crippen LogP contribution < -0.4 is 5.32 Å². The summed E-state index contributed by atoms with van der Waals surface area (Å²) in [4.78, 5) is 11.2. The average molecular weight is 185 g/mol. The van der Waals surface area contributed by atoms with E-state index in [2.05, 4.69) is 19.2 Å². The maximum Gasteiger partial charge on any atom is 0.219 e. The number of carbonyl (C=O) groups is 1. The summed E-state index contributed by atoms with van der Waals surface area (Å²) >= 11 is 0. The van der Waals surface area contributed by atoms with Gasteiger partial charge in [-0.25, -0.2) is 0 Å². The van der Waals surface area contributed by atoms with Crippen LogP contribution in [0.5, 0.6) is 0 Å². The van der Waals surface area contributed by atoms with Crippen molar-refractivity contribution in [2.45, 2.75) is 58.8 Å². The third-order valence-corrected chi connectivity index (χ3v) is 2.11. The van der Waals surface area contributed by atoms with Gasteiger partial charge in [0.2, 0.25) is 5.91 Å². The average Bonchev–Trinajstić information content (AvgIpc) is 2.13. The predicted octanol–water partition coefficient (Wildman–Crippen LogP) is 2.87. The Balaban J connectivity index is 3.11. The van der Waals surface area contributed by atoms with E-state index in [-0.39, 0.29) is 5.91 Å². The van der Waals surface area contributed by atoms with Gasteiger partial charge in [0.05, 0.1) is 0 Å². The van der Waals surface area contributed by atoms with Crippen LogP contribution in [0.1, 0.15) is 58.8 Å². The van der Waals surface area contributed by atoms with Crippen LogP contribution in [0.25, 0.3) is 0 Å². The van der Waals surface area contributed by atoms with Gasteiger partial charge in [0, 0.05) is 13.0 Å². The maximum atomic E-state index is 11.2. The minimum atomic E-state index is 0.226. The highest BCUT2D eigenvalue weighted by molar-refractivity contribution is 5.75.